The first kappa shape index (κ1) is 12.3. The first-order valence-electron chi connectivity index (χ1n) is 4.10. The molecule has 0 aliphatic carbocycles. The molecule has 0 aromatic carbocycles. The average molecular weight is 205 g/mol. The van der Waals surface area contributed by atoms with Crippen LogP contribution in [0.5, 0.6) is 0 Å². The third kappa shape index (κ3) is 5.52. The molecule has 76 valence electrons. The van der Waals surface area contributed by atoms with Crippen LogP contribution in [0.4, 0.5) is 0 Å². The maximum atomic E-state index is 11.1. The number of carboxylic acid groups (broad SMARTS) is 1. The van der Waals surface area contributed by atoms with Crippen LogP contribution in [-0.4, -0.2) is 28.8 Å². The summed E-state index contributed by atoms with van der Waals surface area (Å²) in [5, 5.41) is 11.0. The predicted molar refractivity (Wildman–Crippen MR) is 52.9 cm³/mol. The number of carboxylic acids is 1. The van der Waals surface area contributed by atoms with Crippen LogP contribution >= 0.6 is 12.6 Å². The summed E-state index contributed by atoms with van der Waals surface area (Å²) in [6.45, 7) is 3.80. The fraction of sp³-hybridized carbons (Fsp3) is 0.750. The number of rotatable bonds is 5. The molecule has 0 aromatic heterocycles. The van der Waals surface area contributed by atoms with Crippen molar-refractivity contribution in [1.82, 2.24) is 5.32 Å². The highest BCUT2D eigenvalue weighted by atomic mass is 32.1. The van der Waals surface area contributed by atoms with Gasteiger partial charge in [-0.25, -0.2) is 4.79 Å². The minimum atomic E-state index is -1.05. The number of carbonyl (C=O) groups is 2. The second kappa shape index (κ2) is 5.85. The van der Waals surface area contributed by atoms with E-state index in [-0.39, 0.29) is 17.6 Å². The van der Waals surface area contributed by atoms with Crippen LogP contribution in [0.2, 0.25) is 0 Å². The lowest BCUT2D eigenvalue weighted by molar-refractivity contribution is -0.141. The molecule has 1 unspecified atom stereocenters. The smallest absolute Gasteiger partial charge is 0.327 e. The molecule has 4 nitrogen and oxygen atoms in total. The third-order valence-corrected chi connectivity index (χ3v) is 1.77. The van der Waals surface area contributed by atoms with Crippen molar-refractivity contribution in [3.8, 4) is 0 Å². The lowest BCUT2D eigenvalue weighted by Gasteiger charge is -2.12. The fourth-order valence-electron chi connectivity index (χ4n) is 0.810. The van der Waals surface area contributed by atoms with Crippen molar-refractivity contribution in [2.24, 2.45) is 5.92 Å². The van der Waals surface area contributed by atoms with Gasteiger partial charge in [0.1, 0.15) is 6.04 Å². The van der Waals surface area contributed by atoms with E-state index in [4.69, 9.17) is 5.11 Å². The number of thiol groups is 1. The highest BCUT2D eigenvalue weighted by Crippen LogP contribution is 1.99. The normalized spacial score (nSPS) is 12.6. The summed E-state index contributed by atoms with van der Waals surface area (Å²) in [5.41, 5.74) is 0. The van der Waals surface area contributed by atoms with Crippen molar-refractivity contribution in [3.05, 3.63) is 0 Å². The Morgan fingerprint density at radius 3 is 2.31 bits per heavy atom. The number of hydrogen-bond donors (Lipinski definition) is 3. The van der Waals surface area contributed by atoms with E-state index in [1.54, 1.807) is 0 Å². The Labute approximate surface area is 83.1 Å². The molecule has 0 aliphatic heterocycles. The van der Waals surface area contributed by atoms with Gasteiger partial charge in [0.05, 0.1) is 0 Å². The molecule has 0 bridgehead atoms. The molecule has 1 amide bonds. The van der Waals surface area contributed by atoms with Gasteiger partial charge in [0.25, 0.3) is 0 Å². The Hall–Kier alpha value is -0.710. The van der Waals surface area contributed by atoms with E-state index in [0.29, 0.717) is 6.42 Å². The van der Waals surface area contributed by atoms with Crippen LogP contribution < -0.4 is 5.32 Å². The van der Waals surface area contributed by atoms with Crippen molar-refractivity contribution in [1.29, 1.82) is 0 Å². The largest absolute Gasteiger partial charge is 0.480 e. The van der Waals surface area contributed by atoms with Crippen molar-refractivity contribution >= 4 is 24.5 Å². The molecule has 0 radical (unpaired) electrons. The lowest BCUT2D eigenvalue weighted by Crippen LogP contribution is -2.42. The monoisotopic (exact) mass is 205 g/mol. The van der Waals surface area contributed by atoms with Gasteiger partial charge in [-0.3, -0.25) is 4.79 Å². The summed E-state index contributed by atoms with van der Waals surface area (Å²) in [5.74, 6) is -0.947. The van der Waals surface area contributed by atoms with Crippen molar-refractivity contribution in [2.75, 3.05) is 5.75 Å². The Morgan fingerprint density at radius 2 is 2.00 bits per heavy atom. The third-order valence-electron chi connectivity index (χ3n) is 1.41. The summed E-state index contributed by atoms with van der Waals surface area (Å²) in [6, 6.07) is -0.880. The van der Waals surface area contributed by atoms with Gasteiger partial charge in [-0.15, -0.1) is 0 Å². The van der Waals surface area contributed by atoms with Gasteiger partial charge in [-0.2, -0.15) is 12.6 Å². The van der Waals surface area contributed by atoms with E-state index in [0.717, 1.165) is 0 Å². The van der Waals surface area contributed by atoms with Crippen molar-refractivity contribution in [3.63, 3.8) is 0 Å². The second-order valence-electron chi connectivity index (χ2n) is 3.24. The molecule has 5 heteroatoms. The summed E-state index contributed by atoms with van der Waals surface area (Å²) in [6.07, 6.45) is 0.345. The number of nitrogens with one attached hydrogen (secondary N) is 1. The van der Waals surface area contributed by atoms with E-state index in [9.17, 15) is 9.59 Å². The highest BCUT2D eigenvalue weighted by molar-refractivity contribution is 7.80. The number of hydrogen-bond acceptors (Lipinski definition) is 3. The van der Waals surface area contributed by atoms with E-state index < -0.39 is 12.0 Å². The molecule has 13 heavy (non-hydrogen) atoms. The topological polar surface area (TPSA) is 66.4 Å². The van der Waals surface area contributed by atoms with Crippen molar-refractivity contribution < 1.29 is 14.7 Å². The molecule has 0 saturated carbocycles. The summed E-state index contributed by atoms with van der Waals surface area (Å²) in [4.78, 5) is 21.6. The standard InChI is InChI=1S/C8H15NO3S/c1-5(2)3-7(10)9-6(4-13)8(11)12/h5-6,13H,3-4H2,1-2H3,(H,9,10)(H,11,12). The second-order valence-corrected chi connectivity index (χ2v) is 3.60. The van der Waals surface area contributed by atoms with Crippen LogP contribution in [0.25, 0.3) is 0 Å². The van der Waals surface area contributed by atoms with Gasteiger partial charge in [-0.1, -0.05) is 13.8 Å². The van der Waals surface area contributed by atoms with Gasteiger partial charge >= 0.3 is 5.97 Å². The Bertz CT molecular complexity index is 194. The molecule has 0 fully saturated rings. The van der Waals surface area contributed by atoms with Crippen LogP contribution in [-0.2, 0) is 9.59 Å². The predicted octanol–water partition coefficient (Wildman–Crippen LogP) is 0.532. The van der Waals surface area contributed by atoms with Crippen LogP contribution in [0, 0.1) is 5.92 Å². The first-order chi connectivity index (χ1) is 5.97. The number of carbonyl (C=O) groups excluding carboxylic acids is 1. The molecule has 0 spiro atoms. The zero-order valence-corrected chi connectivity index (χ0v) is 8.67. The molecule has 0 heterocycles. The Kier molecular flexibility index (Phi) is 5.53. The maximum Gasteiger partial charge on any atom is 0.327 e. The van der Waals surface area contributed by atoms with Crippen LogP contribution in [0.15, 0.2) is 0 Å². The Morgan fingerprint density at radius 1 is 1.46 bits per heavy atom. The SMILES string of the molecule is CC(C)CC(=O)NC(CS)C(=O)O. The molecular formula is C8H15NO3S. The van der Waals surface area contributed by atoms with Gasteiger partial charge in [0.2, 0.25) is 5.91 Å². The molecule has 2 N–H and O–H groups in total. The average Bonchev–Trinajstić information content (AvgIpc) is 1.98. The maximum absolute atomic E-state index is 11.1. The highest BCUT2D eigenvalue weighted by Gasteiger charge is 2.17. The zero-order chi connectivity index (χ0) is 10.4. The number of amides is 1. The van der Waals surface area contributed by atoms with E-state index >= 15 is 0 Å². The fourth-order valence-corrected chi connectivity index (χ4v) is 1.06. The molecule has 0 aliphatic rings. The first-order valence-corrected chi connectivity index (χ1v) is 4.73. The minimum absolute atomic E-state index is 0.110. The summed E-state index contributed by atoms with van der Waals surface area (Å²) < 4.78 is 0. The molecule has 0 saturated heterocycles. The van der Waals surface area contributed by atoms with E-state index in [1.807, 2.05) is 13.8 Å². The van der Waals surface area contributed by atoms with Crippen LogP contribution in [0.3, 0.4) is 0 Å². The lowest BCUT2D eigenvalue weighted by atomic mass is 10.1. The van der Waals surface area contributed by atoms with Crippen molar-refractivity contribution in [2.45, 2.75) is 26.3 Å². The zero-order valence-electron chi connectivity index (χ0n) is 7.78. The van der Waals surface area contributed by atoms with Gasteiger partial charge in [0.15, 0.2) is 0 Å². The molecule has 1 atom stereocenters. The van der Waals surface area contributed by atoms with E-state index in [2.05, 4.69) is 17.9 Å². The molecule has 0 rings (SSSR count). The minimum Gasteiger partial charge on any atom is -0.480 e. The van der Waals surface area contributed by atoms with Gasteiger partial charge in [0, 0.05) is 12.2 Å². The molecule has 0 aromatic rings. The summed E-state index contributed by atoms with van der Waals surface area (Å²) >= 11 is 3.82. The molecular weight excluding hydrogens is 190 g/mol. The van der Waals surface area contributed by atoms with Crippen LogP contribution in [0.1, 0.15) is 20.3 Å². The van der Waals surface area contributed by atoms with E-state index in [1.165, 1.54) is 0 Å². The number of aliphatic carboxylic acids is 1. The Balaban J connectivity index is 3.94. The van der Waals surface area contributed by atoms with Gasteiger partial charge < -0.3 is 10.4 Å². The quantitative estimate of drug-likeness (QED) is 0.574. The summed E-state index contributed by atoms with van der Waals surface area (Å²) in [7, 11) is 0. The van der Waals surface area contributed by atoms with Gasteiger partial charge in [-0.05, 0) is 5.92 Å².